The molecule has 0 aliphatic heterocycles. The highest BCUT2D eigenvalue weighted by Gasteiger charge is 2.21. The molecule has 1 rings (SSSR count). The van der Waals surface area contributed by atoms with Gasteiger partial charge in [-0.3, -0.25) is 0 Å². The van der Waals surface area contributed by atoms with Crippen LogP contribution >= 0.6 is 0 Å². The summed E-state index contributed by atoms with van der Waals surface area (Å²) in [5.74, 6) is 0.380. The lowest BCUT2D eigenvalue weighted by atomic mass is 10.3. The Kier molecular flexibility index (Phi) is 3.32. The Bertz CT molecular complexity index is 494. The van der Waals surface area contributed by atoms with Gasteiger partial charge >= 0.3 is 0 Å². The lowest BCUT2D eigenvalue weighted by Crippen LogP contribution is -2.30. The van der Waals surface area contributed by atoms with Gasteiger partial charge in [0, 0.05) is 0 Å². The molecule has 5 nitrogen and oxygen atoms in total. The Morgan fingerprint density at radius 3 is 2.25 bits per heavy atom. The minimum absolute atomic E-state index is 0.0763. The van der Waals surface area contributed by atoms with Gasteiger partial charge in [0.1, 0.15) is 10.6 Å². The maximum Gasteiger partial charge on any atom is 0.242 e. The normalized spacial score (nSPS) is 12.5. The van der Waals surface area contributed by atoms with Gasteiger partial charge in [-0.15, -0.1) is 0 Å². The Hall–Kier alpha value is -1.05. The maximum absolute atomic E-state index is 11.2. The number of hydrogen-bond acceptors (Lipinski definition) is 4. The quantitative estimate of drug-likeness (QED) is 0.629. The lowest BCUT2D eigenvalue weighted by molar-refractivity contribution is 0.557. The molecule has 0 atom stereocenters. The van der Waals surface area contributed by atoms with E-state index in [9.17, 15) is 8.42 Å². The van der Waals surface area contributed by atoms with Crippen molar-refractivity contribution >= 4 is 24.0 Å². The third kappa shape index (κ3) is 3.22. The van der Waals surface area contributed by atoms with Crippen molar-refractivity contribution in [3.63, 3.8) is 0 Å². The smallest absolute Gasteiger partial charge is 0.242 e. The minimum Gasteiger partial charge on any atom is -0.543 e. The molecule has 1 aromatic rings. The molecule has 0 aromatic heterocycles. The number of sulfonamides is 1. The van der Waals surface area contributed by atoms with Gasteiger partial charge in [-0.2, -0.15) is 0 Å². The molecule has 16 heavy (non-hydrogen) atoms. The second kappa shape index (κ2) is 4.08. The SMILES string of the molecule is C[Si](C)(C)Oc1cccc(S(N)(=O)=O)c1N. The second-order valence-corrected chi connectivity index (χ2v) is 10.4. The molecule has 0 aliphatic carbocycles. The fourth-order valence-corrected chi connectivity index (χ4v) is 2.70. The summed E-state index contributed by atoms with van der Waals surface area (Å²) in [5.41, 5.74) is 5.79. The fraction of sp³-hybridized carbons (Fsp3) is 0.333. The van der Waals surface area contributed by atoms with E-state index in [4.69, 9.17) is 15.3 Å². The molecule has 1 aromatic carbocycles. The Balaban J connectivity index is 3.25. The highest BCUT2D eigenvalue weighted by Crippen LogP contribution is 2.29. The molecular weight excluding hydrogens is 244 g/mol. The van der Waals surface area contributed by atoms with E-state index in [1.54, 1.807) is 12.1 Å². The van der Waals surface area contributed by atoms with Gasteiger partial charge in [0.2, 0.25) is 18.3 Å². The van der Waals surface area contributed by atoms with Crippen molar-refractivity contribution < 1.29 is 12.8 Å². The van der Waals surface area contributed by atoms with E-state index < -0.39 is 18.3 Å². The molecule has 0 unspecified atom stereocenters. The van der Waals surface area contributed by atoms with Crippen molar-refractivity contribution in [1.82, 2.24) is 0 Å². The van der Waals surface area contributed by atoms with Gasteiger partial charge in [-0.1, -0.05) is 6.07 Å². The molecule has 90 valence electrons. The Labute approximate surface area is 96.6 Å². The summed E-state index contributed by atoms with van der Waals surface area (Å²) in [4.78, 5) is -0.0942. The number of nitrogens with two attached hydrogens (primary N) is 2. The molecule has 0 radical (unpaired) electrons. The predicted molar refractivity (Wildman–Crippen MR) is 66.2 cm³/mol. The number of nitrogen functional groups attached to an aromatic ring is 1. The first-order chi connectivity index (χ1) is 7.11. The molecule has 0 spiro atoms. The fourth-order valence-electron chi connectivity index (χ4n) is 1.19. The van der Waals surface area contributed by atoms with Crippen molar-refractivity contribution in [2.24, 2.45) is 5.14 Å². The number of anilines is 1. The van der Waals surface area contributed by atoms with E-state index in [0.717, 1.165) is 0 Å². The van der Waals surface area contributed by atoms with Gasteiger partial charge in [0.15, 0.2) is 0 Å². The summed E-state index contributed by atoms with van der Waals surface area (Å²) in [6.45, 7) is 5.95. The lowest BCUT2D eigenvalue weighted by Gasteiger charge is -2.21. The third-order valence-corrected chi connectivity index (χ3v) is 3.55. The van der Waals surface area contributed by atoms with Crippen molar-refractivity contribution in [3.05, 3.63) is 18.2 Å². The molecule has 0 heterocycles. The molecule has 0 saturated heterocycles. The Morgan fingerprint density at radius 1 is 1.25 bits per heavy atom. The molecular formula is C9H16N2O3SSi. The van der Waals surface area contributed by atoms with E-state index in [0.29, 0.717) is 5.75 Å². The average Bonchev–Trinajstić information content (AvgIpc) is 2.04. The molecule has 0 aliphatic rings. The van der Waals surface area contributed by atoms with Crippen LogP contribution in [0.1, 0.15) is 0 Å². The van der Waals surface area contributed by atoms with Crippen LogP contribution in [-0.2, 0) is 10.0 Å². The first kappa shape index (κ1) is 13.0. The largest absolute Gasteiger partial charge is 0.543 e. The average molecular weight is 260 g/mol. The third-order valence-electron chi connectivity index (χ3n) is 1.75. The molecule has 0 bridgehead atoms. The highest BCUT2D eigenvalue weighted by molar-refractivity contribution is 7.89. The van der Waals surface area contributed by atoms with Crippen LogP contribution in [0.25, 0.3) is 0 Å². The zero-order valence-corrected chi connectivity index (χ0v) is 11.3. The van der Waals surface area contributed by atoms with E-state index in [1.807, 2.05) is 19.6 Å². The van der Waals surface area contributed by atoms with E-state index in [2.05, 4.69) is 0 Å². The van der Waals surface area contributed by atoms with Crippen molar-refractivity contribution in [1.29, 1.82) is 0 Å². The zero-order chi connectivity index (χ0) is 12.6. The number of primary sulfonamides is 1. The van der Waals surface area contributed by atoms with Crippen LogP contribution in [0, 0.1) is 0 Å². The summed E-state index contributed by atoms with van der Waals surface area (Å²) in [6, 6.07) is 4.57. The molecule has 0 saturated carbocycles. The number of hydrogen-bond donors (Lipinski definition) is 2. The van der Waals surface area contributed by atoms with Crippen molar-refractivity contribution in [3.8, 4) is 5.75 Å². The van der Waals surface area contributed by atoms with Crippen LogP contribution in [0.15, 0.2) is 23.1 Å². The van der Waals surface area contributed by atoms with Crippen molar-refractivity contribution in [2.75, 3.05) is 5.73 Å². The number of benzene rings is 1. The summed E-state index contributed by atoms with van der Waals surface area (Å²) >= 11 is 0. The van der Waals surface area contributed by atoms with Gasteiger partial charge in [0.05, 0.1) is 5.69 Å². The molecule has 7 heteroatoms. The van der Waals surface area contributed by atoms with E-state index in [-0.39, 0.29) is 10.6 Å². The van der Waals surface area contributed by atoms with Crippen LogP contribution in [0.5, 0.6) is 5.75 Å². The highest BCUT2D eigenvalue weighted by atomic mass is 32.2. The molecule has 0 amide bonds. The topological polar surface area (TPSA) is 95.4 Å². The first-order valence-electron chi connectivity index (χ1n) is 4.71. The van der Waals surface area contributed by atoms with Gasteiger partial charge < -0.3 is 10.2 Å². The molecule has 4 N–H and O–H groups in total. The monoisotopic (exact) mass is 260 g/mol. The summed E-state index contributed by atoms with van der Waals surface area (Å²) in [6.07, 6.45) is 0. The molecule has 0 fully saturated rings. The number of rotatable bonds is 3. The van der Waals surface area contributed by atoms with Crippen LogP contribution in [0.2, 0.25) is 19.6 Å². The minimum atomic E-state index is -3.80. The second-order valence-electron chi connectivity index (χ2n) is 4.43. The summed E-state index contributed by atoms with van der Waals surface area (Å²) < 4.78 is 28.1. The van der Waals surface area contributed by atoms with Gasteiger partial charge in [0.25, 0.3) is 0 Å². The van der Waals surface area contributed by atoms with Crippen LogP contribution in [-0.4, -0.2) is 16.7 Å². The predicted octanol–water partition coefficient (Wildman–Crippen LogP) is 1.13. The zero-order valence-electron chi connectivity index (χ0n) is 9.52. The van der Waals surface area contributed by atoms with E-state index in [1.165, 1.54) is 6.07 Å². The number of para-hydroxylation sites is 1. The van der Waals surface area contributed by atoms with Crippen LogP contribution in [0.3, 0.4) is 0 Å². The van der Waals surface area contributed by atoms with Crippen molar-refractivity contribution in [2.45, 2.75) is 24.5 Å². The summed E-state index contributed by atoms with van der Waals surface area (Å²) in [5, 5.41) is 5.04. The standard InChI is InChI=1S/C9H16N2O3SSi/c1-16(2,3)14-7-5-4-6-8(9(7)10)15(11,12)13/h4-6H,10H2,1-3H3,(H2,11,12,13). The Morgan fingerprint density at radius 2 is 1.81 bits per heavy atom. The summed E-state index contributed by atoms with van der Waals surface area (Å²) in [7, 11) is -5.63. The van der Waals surface area contributed by atoms with Gasteiger partial charge in [-0.25, -0.2) is 13.6 Å². The van der Waals surface area contributed by atoms with E-state index >= 15 is 0 Å². The van der Waals surface area contributed by atoms with Crippen LogP contribution < -0.4 is 15.3 Å². The van der Waals surface area contributed by atoms with Crippen LogP contribution in [0.4, 0.5) is 5.69 Å². The first-order valence-corrected chi connectivity index (χ1v) is 9.67. The van der Waals surface area contributed by atoms with Gasteiger partial charge in [-0.05, 0) is 31.8 Å². The maximum atomic E-state index is 11.2.